The van der Waals surface area contributed by atoms with E-state index in [1.165, 1.54) is 6.08 Å². The van der Waals surface area contributed by atoms with Gasteiger partial charge in [-0.15, -0.1) is 0 Å². The standard InChI is InChI=1S/C26H20Br2ClN3O3/c1-15-6-5-9-22(16(15)2)32-26(34)18(13-30)10-17-11-19(27)25(20(28)12-17)35-14-24(33)31-23-8-4-3-7-21(23)29/h3-12H,14H2,1-2H3,(H,31,33)(H,32,34)/b18-10-. The molecule has 0 saturated carbocycles. The maximum atomic E-state index is 12.7. The fourth-order valence-corrected chi connectivity index (χ4v) is 4.71. The van der Waals surface area contributed by atoms with Crippen LogP contribution in [0.5, 0.6) is 5.75 Å². The largest absolute Gasteiger partial charge is 0.481 e. The Bertz CT molecular complexity index is 1340. The van der Waals surface area contributed by atoms with E-state index >= 15 is 0 Å². The van der Waals surface area contributed by atoms with Crippen LogP contribution in [0.3, 0.4) is 0 Å². The molecule has 2 N–H and O–H groups in total. The molecule has 3 rings (SSSR count). The summed E-state index contributed by atoms with van der Waals surface area (Å²) in [6.45, 7) is 3.60. The second kappa shape index (κ2) is 12.0. The molecule has 0 saturated heterocycles. The number of benzene rings is 3. The molecule has 0 aromatic heterocycles. The van der Waals surface area contributed by atoms with E-state index in [0.29, 0.717) is 36.7 Å². The molecule has 0 heterocycles. The van der Waals surface area contributed by atoms with E-state index in [0.717, 1.165) is 11.1 Å². The maximum Gasteiger partial charge on any atom is 0.266 e. The molecule has 0 aliphatic rings. The fourth-order valence-electron chi connectivity index (χ4n) is 3.08. The third-order valence-corrected chi connectivity index (χ3v) is 6.55. The Labute approximate surface area is 225 Å². The lowest BCUT2D eigenvalue weighted by atomic mass is 10.1. The van der Waals surface area contributed by atoms with E-state index in [1.54, 1.807) is 42.5 Å². The van der Waals surface area contributed by atoms with E-state index < -0.39 is 5.91 Å². The molecule has 35 heavy (non-hydrogen) atoms. The Morgan fingerprint density at radius 2 is 1.69 bits per heavy atom. The summed E-state index contributed by atoms with van der Waals surface area (Å²) in [6.07, 6.45) is 1.48. The van der Waals surface area contributed by atoms with Crippen molar-refractivity contribution < 1.29 is 14.3 Å². The maximum absolute atomic E-state index is 12.7. The second-order valence-electron chi connectivity index (χ2n) is 7.50. The van der Waals surface area contributed by atoms with Crippen LogP contribution >= 0.6 is 43.5 Å². The first-order chi connectivity index (χ1) is 16.7. The molecule has 0 unspecified atom stereocenters. The summed E-state index contributed by atoms with van der Waals surface area (Å²) in [4.78, 5) is 25.0. The average molecular weight is 618 g/mol. The zero-order chi connectivity index (χ0) is 25.5. The highest BCUT2D eigenvalue weighted by Gasteiger charge is 2.15. The Morgan fingerprint density at radius 1 is 1.03 bits per heavy atom. The Morgan fingerprint density at radius 3 is 2.34 bits per heavy atom. The molecular weight excluding hydrogens is 598 g/mol. The van der Waals surface area contributed by atoms with Crippen molar-refractivity contribution in [3.63, 3.8) is 0 Å². The monoisotopic (exact) mass is 615 g/mol. The summed E-state index contributed by atoms with van der Waals surface area (Å²) < 4.78 is 6.74. The van der Waals surface area contributed by atoms with E-state index in [-0.39, 0.29) is 18.1 Å². The molecule has 0 radical (unpaired) electrons. The van der Waals surface area contributed by atoms with Crippen LogP contribution in [-0.4, -0.2) is 18.4 Å². The number of para-hydroxylation sites is 1. The van der Waals surface area contributed by atoms with Gasteiger partial charge in [0.15, 0.2) is 6.61 Å². The first-order valence-electron chi connectivity index (χ1n) is 10.3. The molecule has 0 bridgehead atoms. The van der Waals surface area contributed by atoms with Crippen molar-refractivity contribution in [3.8, 4) is 11.8 Å². The van der Waals surface area contributed by atoms with Gasteiger partial charge in [0.1, 0.15) is 17.4 Å². The van der Waals surface area contributed by atoms with Crippen LogP contribution in [0.1, 0.15) is 16.7 Å². The van der Waals surface area contributed by atoms with Gasteiger partial charge in [-0.1, -0.05) is 35.9 Å². The number of nitriles is 1. The van der Waals surface area contributed by atoms with Crippen molar-refractivity contribution in [2.75, 3.05) is 17.2 Å². The van der Waals surface area contributed by atoms with Crippen LogP contribution in [0.4, 0.5) is 11.4 Å². The van der Waals surface area contributed by atoms with E-state index in [1.807, 2.05) is 32.0 Å². The summed E-state index contributed by atoms with van der Waals surface area (Å²) in [5.74, 6) is -0.490. The number of carbonyl (C=O) groups excluding carboxylic acids is 2. The van der Waals surface area contributed by atoms with Crippen molar-refractivity contribution in [1.29, 1.82) is 5.26 Å². The number of ether oxygens (including phenoxy) is 1. The predicted octanol–water partition coefficient (Wildman–Crippen LogP) is 7.05. The molecular formula is C26H20Br2ClN3O3. The molecule has 0 fully saturated rings. The molecule has 3 aromatic rings. The van der Waals surface area contributed by atoms with E-state index in [4.69, 9.17) is 16.3 Å². The van der Waals surface area contributed by atoms with Crippen LogP contribution in [0, 0.1) is 25.2 Å². The number of rotatable bonds is 7. The van der Waals surface area contributed by atoms with Gasteiger partial charge in [0.05, 0.1) is 19.7 Å². The Balaban J connectivity index is 1.72. The first-order valence-corrected chi connectivity index (χ1v) is 12.3. The second-order valence-corrected chi connectivity index (χ2v) is 9.62. The highest BCUT2D eigenvalue weighted by Crippen LogP contribution is 2.35. The number of aryl methyl sites for hydroxylation is 1. The minimum atomic E-state index is -0.509. The number of hydrogen-bond donors (Lipinski definition) is 2. The molecule has 3 aromatic carbocycles. The zero-order valence-electron chi connectivity index (χ0n) is 18.8. The van der Waals surface area contributed by atoms with Gasteiger partial charge in [0.2, 0.25) is 0 Å². The molecule has 0 spiro atoms. The van der Waals surface area contributed by atoms with Gasteiger partial charge in [0, 0.05) is 5.69 Å². The molecule has 9 heteroatoms. The van der Waals surface area contributed by atoms with Crippen LogP contribution in [-0.2, 0) is 9.59 Å². The van der Waals surface area contributed by atoms with Crippen molar-refractivity contribution in [3.05, 3.63) is 90.8 Å². The summed E-state index contributed by atoms with van der Waals surface area (Å²) in [6, 6.07) is 17.8. The molecule has 0 aliphatic heterocycles. The number of amides is 2. The minimum Gasteiger partial charge on any atom is -0.481 e. The van der Waals surface area contributed by atoms with Gasteiger partial charge in [0.25, 0.3) is 11.8 Å². The normalized spacial score (nSPS) is 10.9. The first kappa shape index (κ1) is 26.5. The van der Waals surface area contributed by atoms with Crippen LogP contribution in [0.15, 0.2) is 69.1 Å². The number of anilines is 2. The summed E-state index contributed by atoms with van der Waals surface area (Å²) >= 11 is 12.9. The smallest absolute Gasteiger partial charge is 0.266 e. The van der Waals surface area contributed by atoms with Gasteiger partial charge in [-0.05, 0) is 98.8 Å². The Kier molecular flexibility index (Phi) is 9.10. The van der Waals surface area contributed by atoms with Gasteiger partial charge in [-0.2, -0.15) is 5.26 Å². The summed E-state index contributed by atoms with van der Waals surface area (Å²) in [5, 5.41) is 15.5. The highest BCUT2D eigenvalue weighted by molar-refractivity contribution is 9.11. The van der Waals surface area contributed by atoms with Gasteiger partial charge in [-0.25, -0.2) is 0 Å². The number of nitrogens with zero attached hydrogens (tertiary/aromatic N) is 1. The van der Waals surface area contributed by atoms with Crippen LogP contribution in [0.25, 0.3) is 6.08 Å². The van der Waals surface area contributed by atoms with E-state index in [9.17, 15) is 14.9 Å². The SMILES string of the molecule is Cc1cccc(NC(=O)/C(C#N)=C\c2cc(Br)c(OCC(=O)Nc3ccccc3Cl)c(Br)c2)c1C. The zero-order valence-corrected chi connectivity index (χ0v) is 22.7. The fraction of sp³-hybridized carbons (Fsp3) is 0.115. The molecule has 178 valence electrons. The topological polar surface area (TPSA) is 91.2 Å². The lowest BCUT2D eigenvalue weighted by Gasteiger charge is -2.12. The molecule has 2 amide bonds. The van der Waals surface area contributed by atoms with Crippen molar-refractivity contribution in [1.82, 2.24) is 0 Å². The van der Waals surface area contributed by atoms with Crippen LogP contribution in [0.2, 0.25) is 5.02 Å². The van der Waals surface area contributed by atoms with Gasteiger partial charge in [-0.3, -0.25) is 9.59 Å². The number of nitrogens with one attached hydrogen (secondary N) is 2. The molecule has 0 atom stereocenters. The highest BCUT2D eigenvalue weighted by atomic mass is 79.9. The van der Waals surface area contributed by atoms with Crippen LogP contribution < -0.4 is 15.4 Å². The van der Waals surface area contributed by atoms with Crippen molar-refractivity contribution in [2.45, 2.75) is 13.8 Å². The third kappa shape index (κ3) is 6.95. The summed E-state index contributed by atoms with van der Waals surface area (Å²) in [5.41, 5.74) is 3.64. The Hall–Kier alpha value is -3.12. The van der Waals surface area contributed by atoms with Crippen molar-refractivity contribution >= 4 is 72.7 Å². The molecule has 6 nitrogen and oxygen atoms in total. The quantitative estimate of drug-likeness (QED) is 0.220. The van der Waals surface area contributed by atoms with Crippen molar-refractivity contribution in [2.24, 2.45) is 0 Å². The predicted molar refractivity (Wildman–Crippen MR) is 146 cm³/mol. The lowest BCUT2D eigenvalue weighted by molar-refractivity contribution is -0.118. The number of hydrogen-bond acceptors (Lipinski definition) is 4. The summed E-state index contributed by atoms with van der Waals surface area (Å²) in [7, 11) is 0. The van der Waals surface area contributed by atoms with Gasteiger partial charge < -0.3 is 15.4 Å². The average Bonchev–Trinajstić information content (AvgIpc) is 2.81. The van der Waals surface area contributed by atoms with Gasteiger partial charge >= 0.3 is 0 Å². The lowest BCUT2D eigenvalue weighted by Crippen LogP contribution is -2.20. The third-order valence-electron chi connectivity index (χ3n) is 5.05. The van der Waals surface area contributed by atoms with E-state index in [2.05, 4.69) is 42.5 Å². The number of halogens is 3. The molecule has 0 aliphatic carbocycles. The minimum absolute atomic E-state index is 0.0579. The number of carbonyl (C=O) groups is 2.